The number of sulfone groups is 1. The van der Waals surface area contributed by atoms with Gasteiger partial charge in [0.15, 0.2) is 9.84 Å². The van der Waals surface area contributed by atoms with E-state index in [0.717, 1.165) is 4.90 Å². The summed E-state index contributed by atoms with van der Waals surface area (Å²) in [6.07, 6.45) is 0. The molecule has 0 aliphatic heterocycles. The van der Waals surface area contributed by atoms with Crippen molar-refractivity contribution in [2.75, 3.05) is 11.5 Å². The second-order valence-corrected chi connectivity index (χ2v) is 9.87. The Morgan fingerprint density at radius 3 is 2.17 bits per heavy atom. The van der Waals surface area contributed by atoms with Crippen molar-refractivity contribution >= 4 is 44.3 Å². The molecule has 6 nitrogen and oxygen atoms in total. The summed E-state index contributed by atoms with van der Waals surface area (Å²) in [5.41, 5.74) is 13.0. The number of hydrogen-bond donors (Lipinski definition) is 2. The third-order valence-electron chi connectivity index (χ3n) is 4.38. The molecule has 0 aliphatic carbocycles. The number of benzene rings is 3. The molecule has 146 valence electrons. The Morgan fingerprint density at radius 1 is 0.828 bits per heavy atom. The highest BCUT2D eigenvalue weighted by Gasteiger charge is 2.30. The molecule has 4 N–H and O–H groups in total. The minimum Gasteiger partial charge on any atom is -0.383 e. The fraction of sp³-hybridized carbons (Fsp3) is 0.0476. The van der Waals surface area contributed by atoms with E-state index in [1.165, 1.54) is 11.8 Å². The maximum absolute atomic E-state index is 13.4. The minimum atomic E-state index is -3.64. The lowest BCUT2D eigenvalue weighted by Gasteiger charge is -2.18. The van der Waals surface area contributed by atoms with Gasteiger partial charge in [-0.3, -0.25) is 0 Å². The third-order valence-corrected chi connectivity index (χ3v) is 8.21. The summed E-state index contributed by atoms with van der Waals surface area (Å²) in [6.45, 7) is 0. The van der Waals surface area contributed by atoms with Crippen molar-refractivity contribution in [3.63, 3.8) is 0 Å². The zero-order chi connectivity index (χ0) is 20.4. The van der Waals surface area contributed by atoms with E-state index in [0.29, 0.717) is 16.5 Å². The molecule has 0 saturated carbocycles. The van der Waals surface area contributed by atoms with Gasteiger partial charge in [-0.15, -0.1) is 11.8 Å². The number of nitrogens with zero attached hydrogens (tertiary/aromatic N) is 2. The summed E-state index contributed by atoms with van der Waals surface area (Å²) in [7, 11) is -3.64. The van der Waals surface area contributed by atoms with Gasteiger partial charge in [-0.1, -0.05) is 48.5 Å². The van der Waals surface area contributed by atoms with Gasteiger partial charge in [-0.25, -0.2) is 13.4 Å². The van der Waals surface area contributed by atoms with E-state index < -0.39 is 14.4 Å². The van der Waals surface area contributed by atoms with Gasteiger partial charge in [0.2, 0.25) is 5.95 Å². The standard InChI is InChI=1S/C21H18N4O2S2/c22-19-17-13-15(11-12-18(17)24-21(23)25-19)28-20(14-7-3-1-4-8-14)29(26,27)16-9-5-2-6-10-16/h1-13,20H,(H4,22,23,24,25). The highest BCUT2D eigenvalue weighted by atomic mass is 32.3. The number of nitrogens with two attached hydrogens (primary N) is 2. The molecule has 29 heavy (non-hydrogen) atoms. The molecule has 4 rings (SSSR count). The molecule has 1 aromatic heterocycles. The summed E-state index contributed by atoms with van der Waals surface area (Å²) in [5, 5.41) is 0.633. The van der Waals surface area contributed by atoms with Crippen molar-refractivity contribution in [3.8, 4) is 0 Å². The van der Waals surface area contributed by atoms with Crippen LogP contribution in [0.1, 0.15) is 10.1 Å². The molecule has 0 spiro atoms. The van der Waals surface area contributed by atoms with Gasteiger partial charge in [-0.2, -0.15) is 4.98 Å². The van der Waals surface area contributed by atoms with Crippen LogP contribution in [0, 0.1) is 0 Å². The maximum Gasteiger partial charge on any atom is 0.222 e. The van der Waals surface area contributed by atoms with Crippen molar-refractivity contribution in [2.45, 2.75) is 14.4 Å². The Morgan fingerprint density at radius 2 is 1.48 bits per heavy atom. The summed E-state index contributed by atoms with van der Waals surface area (Å²) >= 11 is 1.24. The first kappa shape index (κ1) is 19.2. The van der Waals surface area contributed by atoms with E-state index >= 15 is 0 Å². The van der Waals surface area contributed by atoms with Crippen LogP contribution in [0.2, 0.25) is 0 Å². The first-order chi connectivity index (χ1) is 13.9. The van der Waals surface area contributed by atoms with Crippen LogP contribution < -0.4 is 11.5 Å². The number of nitrogen functional groups attached to an aromatic ring is 2. The lowest BCUT2D eigenvalue weighted by atomic mass is 10.2. The topological polar surface area (TPSA) is 112 Å². The van der Waals surface area contributed by atoms with Gasteiger partial charge in [0.1, 0.15) is 10.4 Å². The fourth-order valence-corrected chi connectivity index (χ4v) is 6.35. The van der Waals surface area contributed by atoms with Crippen LogP contribution in [0.25, 0.3) is 10.9 Å². The Labute approximate surface area is 172 Å². The van der Waals surface area contributed by atoms with Crippen LogP contribution in [0.4, 0.5) is 11.8 Å². The number of aromatic nitrogens is 2. The van der Waals surface area contributed by atoms with Crippen LogP contribution in [-0.2, 0) is 9.84 Å². The molecule has 1 atom stereocenters. The Bertz CT molecular complexity index is 1260. The first-order valence-corrected chi connectivity index (χ1v) is 11.2. The van der Waals surface area contributed by atoms with Crippen molar-refractivity contribution in [3.05, 3.63) is 84.4 Å². The molecular formula is C21H18N4O2S2. The molecule has 3 aromatic carbocycles. The van der Waals surface area contributed by atoms with Crippen LogP contribution in [0.15, 0.2) is 88.7 Å². The molecule has 0 bridgehead atoms. The Hall–Kier alpha value is -3.10. The van der Waals surface area contributed by atoms with Crippen LogP contribution >= 0.6 is 11.8 Å². The van der Waals surface area contributed by atoms with Crippen molar-refractivity contribution in [1.29, 1.82) is 0 Å². The summed E-state index contributed by atoms with van der Waals surface area (Å²) in [4.78, 5) is 9.18. The lowest BCUT2D eigenvalue weighted by Crippen LogP contribution is -2.11. The van der Waals surface area contributed by atoms with Crippen molar-refractivity contribution < 1.29 is 8.42 Å². The van der Waals surface area contributed by atoms with E-state index in [2.05, 4.69) is 9.97 Å². The number of fused-ring (bicyclic) bond motifs is 1. The number of rotatable bonds is 5. The van der Waals surface area contributed by atoms with Gasteiger partial charge in [0.05, 0.1) is 10.4 Å². The van der Waals surface area contributed by atoms with Crippen LogP contribution in [-0.4, -0.2) is 18.4 Å². The van der Waals surface area contributed by atoms with Gasteiger partial charge >= 0.3 is 0 Å². The summed E-state index contributed by atoms with van der Waals surface area (Å²) < 4.78 is 26.0. The fourth-order valence-electron chi connectivity index (χ4n) is 3.00. The number of anilines is 2. The second-order valence-electron chi connectivity index (χ2n) is 6.36. The molecule has 0 saturated heterocycles. The molecule has 0 amide bonds. The molecule has 1 heterocycles. The molecule has 0 aliphatic rings. The van der Waals surface area contributed by atoms with Gasteiger partial charge < -0.3 is 11.5 Å². The van der Waals surface area contributed by atoms with Crippen LogP contribution in [0.3, 0.4) is 0 Å². The quantitative estimate of drug-likeness (QED) is 0.466. The second kappa shape index (κ2) is 7.73. The molecular weight excluding hydrogens is 404 g/mol. The molecule has 1 unspecified atom stereocenters. The van der Waals surface area contributed by atoms with Gasteiger partial charge in [0, 0.05) is 10.3 Å². The average Bonchev–Trinajstić information content (AvgIpc) is 2.73. The van der Waals surface area contributed by atoms with Crippen molar-refractivity contribution in [1.82, 2.24) is 9.97 Å². The normalized spacial score (nSPS) is 12.7. The summed E-state index contributed by atoms with van der Waals surface area (Å²) in [6, 6.07) is 23.0. The smallest absolute Gasteiger partial charge is 0.222 e. The van der Waals surface area contributed by atoms with Crippen LogP contribution in [0.5, 0.6) is 0 Å². The zero-order valence-electron chi connectivity index (χ0n) is 15.3. The van der Waals surface area contributed by atoms with E-state index in [1.54, 1.807) is 42.5 Å². The maximum atomic E-state index is 13.4. The van der Waals surface area contributed by atoms with E-state index in [1.807, 2.05) is 36.4 Å². The van der Waals surface area contributed by atoms with Gasteiger partial charge in [0.25, 0.3) is 0 Å². The van der Waals surface area contributed by atoms with E-state index in [4.69, 9.17) is 11.5 Å². The number of hydrogen-bond acceptors (Lipinski definition) is 7. The zero-order valence-corrected chi connectivity index (χ0v) is 16.9. The largest absolute Gasteiger partial charge is 0.383 e. The Balaban J connectivity index is 1.80. The molecule has 4 aromatic rings. The molecule has 0 radical (unpaired) electrons. The van der Waals surface area contributed by atoms with Gasteiger partial charge in [-0.05, 0) is 35.9 Å². The average molecular weight is 423 g/mol. The SMILES string of the molecule is Nc1nc(N)c2cc(SC(c3ccccc3)S(=O)(=O)c3ccccc3)ccc2n1. The highest BCUT2D eigenvalue weighted by Crippen LogP contribution is 2.43. The minimum absolute atomic E-state index is 0.101. The Kier molecular flexibility index (Phi) is 5.12. The predicted molar refractivity (Wildman–Crippen MR) is 117 cm³/mol. The lowest BCUT2D eigenvalue weighted by molar-refractivity contribution is 0.594. The first-order valence-electron chi connectivity index (χ1n) is 8.78. The predicted octanol–water partition coefficient (Wildman–Crippen LogP) is 4.06. The van der Waals surface area contributed by atoms with E-state index in [-0.39, 0.29) is 16.7 Å². The van der Waals surface area contributed by atoms with Crippen molar-refractivity contribution in [2.24, 2.45) is 0 Å². The van der Waals surface area contributed by atoms with E-state index in [9.17, 15) is 8.42 Å². The summed E-state index contributed by atoms with van der Waals surface area (Å²) in [5.74, 6) is 0.362. The highest BCUT2D eigenvalue weighted by molar-refractivity contribution is 8.12. The molecule has 8 heteroatoms. The monoisotopic (exact) mass is 422 g/mol. The molecule has 0 fully saturated rings. The number of thioether (sulfide) groups is 1. The third kappa shape index (κ3) is 3.90.